The monoisotopic (exact) mass is 504 g/mol. The number of aryl methyl sites for hydroxylation is 1. The van der Waals surface area contributed by atoms with Gasteiger partial charge in [0.15, 0.2) is 5.82 Å². The van der Waals surface area contributed by atoms with Gasteiger partial charge in [-0.05, 0) is 42.8 Å². The Hall–Kier alpha value is -2.31. The van der Waals surface area contributed by atoms with Crippen molar-refractivity contribution < 1.29 is 63.7 Å². The summed E-state index contributed by atoms with van der Waals surface area (Å²) in [5, 5.41) is 15.9. The van der Waals surface area contributed by atoms with Crippen LogP contribution < -0.4 is 48.4 Å². The molecule has 0 spiro atoms. The normalized spacial score (nSPS) is 9.83. The molecule has 35 heavy (non-hydrogen) atoms. The number of nitrogens with one attached hydrogen (secondary N) is 2. The average Bonchev–Trinajstić information content (AvgIpc) is 2.67. The minimum absolute atomic E-state index is 0. The van der Waals surface area contributed by atoms with E-state index in [0.717, 1.165) is 16.9 Å². The molecule has 1 aromatic heterocycles. The fourth-order valence-electron chi connectivity index (χ4n) is 2.30. The van der Waals surface area contributed by atoms with E-state index in [-0.39, 0.29) is 37.7 Å². The maximum absolute atomic E-state index is 9.41. The van der Waals surface area contributed by atoms with Gasteiger partial charge in [0.05, 0.1) is 25.8 Å². The topological polar surface area (TPSA) is 175 Å². The van der Waals surface area contributed by atoms with E-state index >= 15 is 0 Å². The number of hydrogen-bond donors (Lipinski definition) is 2. The molecular weight excluding hydrogens is 482 g/mol. The number of rotatable bonds is 4. The van der Waals surface area contributed by atoms with E-state index in [4.69, 9.17) is 25.9 Å². The fourth-order valence-corrected chi connectivity index (χ4v) is 2.30. The zero-order valence-electron chi connectivity index (χ0n) is 20.0. The van der Waals surface area contributed by atoms with Crippen molar-refractivity contribution in [1.82, 2.24) is 4.98 Å². The molecule has 0 bridgehead atoms. The number of nitrogens with zero attached hydrogens (tertiary/aromatic N) is 2. The molecule has 1 heterocycles. The van der Waals surface area contributed by atoms with Crippen LogP contribution in [0.2, 0.25) is 0 Å². The molecule has 3 rings (SSSR count). The van der Waals surface area contributed by atoms with Crippen molar-refractivity contribution in [3.05, 3.63) is 77.9 Å². The minimum Gasteiger partial charge on any atom is -0.748 e. The first-order valence-electron chi connectivity index (χ1n) is 9.14. The molecule has 0 aliphatic heterocycles. The largest absolute Gasteiger partial charge is 1.00 e. The molecule has 0 radical (unpaired) electrons. The Kier molecular flexibility index (Phi) is 16.3. The second-order valence-corrected chi connectivity index (χ2v) is 9.37. The molecule has 0 saturated carbocycles. The summed E-state index contributed by atoms with van der Waals surface area (Å²) in [6.45, 7) is 1.91. The van der Waals surface area contributed by atoms with Gasteiger partial charge in [-0.2, -0.15) is 5.26 Å². The number of para-hydroxylation sites is 2. The van der Waals surface area contributed by atoms with E-state index in [1.165, 1.54) is 0 Å². The number of benzene rings is 2. The first-order chi connectivity index (χ1) is 15.3. The van der Waals surface area contributed by atoms with Crippen LogP contribution in [0.25, 0.3) is 0 Å². The first kappa shape index (κ1) is 34.9. The molecule has 2 N–H and O–H groups in total. The molecule has 0 atom stereocenters. The van der Waals surface area contributed by atoms with E-state index in [9.17, 15) is 5.26 Å². The first-order valence-corrected chi connectivity index (χ1v) is 12.8. The van der Waals surface area contributed by atoms with Crippen molar-refractivity contribution in [1.29, 1.82) is 5.26 Å². The van der Waals surface area contributed by atoms with Gasteiger partial charge < -0.3 is 19.7 Å². The Morgan fingerprint density at radius 2 is 1.17 bits per heavy atom. The predicted octanol–water partition coefficient (Wildman–Crippen LogP) is -2.92. The maximum Gasteiger partial charge on any atom is 1.00 e. The second kappa shape index (κ2) is 16.4. The van der Waals surface area contributed by atoms with Crippen molar-refractivity contribution in [3.63, 3.8) is 0 Å². The van der Waals surface area contributed by atoms with E-state index in [1.54, 1.807) is 0 Å². The van der Waals surface area contributed by atoms with Crippen molar-refractivity contribution in [2.45, 2.75) is 6.92 Å². The smallest absolute Gasteiger partial charge is 0.748 e. The molecule has 0 aliphatic rings. The van der Waals surface area contributed by atoms with Crippen molar-refractivity contribution in [2.24, 2.45) is 0 Å². The van der Waals surface area contributed by atoms with Gasteiger partial charge in [0, 0.05) is 23.9 Å². The van der Waals surface area contributed by atoms with E-state index in [1.807, 2.05) is 73.7 Å². The third-order valence-corrected chi connectivity index (χ3v) is 3.41. The average molecular weight is 504 g/mol. The Bertz CT molecular complexity index is 1260. The van der Waals surface area contributed by atoms with Crippen LogP contribution >= 0.6 is 0 Å². The van der Waals surface area contributed by atoms with Gasteiger partial charge in [0.25, 0.3) is 0 Å². The summed E-state index contributed by atoms with van der Waals surface area (Å²) in [6.07, 6.45) is 1.21. The van der Waals surface area contributed by atoms with E-state index in [2.05, 4.69) is 21.7 Å². The van der Waals surface area contributed by atoms with Crippen LogP contribution in [0, 0.1) is 18.3 Å². The summed E-state index contributed by atoms with van der Waals surface area (Å²) in [4.78, 5) is 4.55. The van der Waals surface area contributed by atoms with Gasteiger partial charge in [-0.25, -0.2) is 21.8 Å². The van der Waals surface area contributed by atoms with Crippen LogP contribution in [-0.2, 0) is 20.2 Å². The Labute approximate surface area is 230 Å². The SMILES string of the molecule is CS(=O)(=O)[O-].CS(=O)(=O)[O-].Cc1cc(Nc2ccccc2)nc(Nc2ccccc2)c1C#N.[Li+].[Li+]. The molecule has 0 amide bonds. The molecule has 10 nitrogen and oxygen atoms in total. The Balaban J connectivity index is 0. The number of nitriles is 1. The Morgan fingerprint density at radius 3 is 1.54 bits per heavy atom. The van der Waals surface area contributed by atoms with E-state index < -0.39 is 20.2 Å². The zero-order valence-corrected chi connectivity index (χ0v) is 21.6. The molecule has 3 aromatic rings. The molecule has 0 unspecified atom stereocenters. The zero-order chi connectivity index (χ0) is 25.1. The van der Waals surface area contributed by atoms with Gasteiger partial charge in [0.1, 0.15) is 11.9 Å². The van der Waals surface area contributed by atoms with Crippen molar-refractivity contribution >= 4 is 43.2 Å². The molecule has 0 fully saturated rings. The van der Waals surface area contributed by atoms with Gasteiger partial charge in [-0.15, -0.1) is 0 Å². The van der Waals surface area contributed by atoms with Gasteiger partial charge in [-0.1, -0.05) is 36.4 Å². The Morgan fingerprint density at radius 1 is 0.800 bits per heavy atom. The van der Waals surface area contributed by atoms with Crippen molar-refractivity contribution in [2.75, 3.05) is 23.1 Å². The molecular formula is C21H22Li2N4O6S2. The van der Waals surface area contributed by atoms with Crippen LogP contribution in [-0.4, -0.2) is 43.4 Å². The number of anilines is 4. The summed E-state index contributed by atoms with van der Waals surface area (Å²) in [7, 11) is -7.83. The third kappa shape index (κ3) is 17.7. The fraction of sp³-hybridized carbons (Fsp3) is 0.143. The van der Waals surface area contributed by atoms with Crippen LogP contribution in [0.3, 0.4) is 0 Å². The number of hydrogen-bond acceptors (Lipinski definition) is 10. The van der Waals surface area contributed by atoms with Crippen LogP contribution in [0.15, 0.2) is 66.7 Å². The third-order valence-electron chi connectivity index (χ3n) is 3.41. The standard InChI is InChI=1S/C19H16N4.2CH4O3S.2Li/c1-14-12-18(21-15-8-4-2-5-9-15)23-19(17(14)13-20)22-16-10-6-3-7-11-16;2*1-5(2,3)4;;/h2-12H,1H3,(H2,21,22,23);2*1H3,(H,2,3,4);;/q;;;2*+1/p-2. The molecule has 14 heteroatoms. The summed E-state index contributed by atoms with van der Waals surface area (Å²) in [5.74, 6) is 1.25. The summed E-state index contributed by atoms with van der Waals surface area (Å²) in [5.41, 5.74) is 3.27. The van der Waals surface area contributed by atoms with Gasteiger partial charge >= 0.3 is 37.7 Å². The summed E-state index contributed by atoms with van der Waals surface area (Å²) in [6, 6.07) is 23.6. The van der Waals surface area contributed by atoms with Gasteiger partial charge in [0.2, 0.25) is 0 Å². The number of pyridine rings is 1. The number of aromatic nitrogens is 1. The maximum atomic E-state index is 9.41. The van der Waals surface area contributed by atoms with Crippen LogP contribution in [0.5, 0.6) is 0 Å². The van der Waals surface area contributed by atoms with Crippen LogP contribution in [0.4, 0.5) is 23.0 Å². The van der Waals surface area contributed by atoms with E-state index in [0.29, 0.717) is 29.7 Å². The van der Waals surface area contributed by atoms with Crippen molar-refractivity contribution in [3.8, 4) is 6.07 Å². The molecule has 0 saturated heterocycles. The molecule has 0 aliphatic carbocycles. The summed E-state index contributed by atoms with van der Waals surface area (Å²) >= 11 is 0. The molecule has 2 aromatic carbocycles. The van der Waals surface area contributed by atoms with Gasteiger partial charge in [-0.3, -0.25) is 0 Å². The summed E-state index contributed by atoms with van der Waals surface area (Å²) < 4.78 is 54.5. The quantitative estimate of drug-likeness (QED) is 0.277. The minimum atomic E-state index is -3.92. The second-order valence-electron chi connectivity index (χ2n) is 6.55. The van der Waals surface area contributed by atoms with Crippen LogP contribution in [0.1, 0.15) is 11.1 Å². The molecule has 176 valence electrons. The predicted molar refractivity (Wildman–Crippen MR) is 124 cm³/mol.